The number of nitrogens with one attached hydrogen (secondary N) is 1. The summed E-state index contributed by atoms with van der Waals surface area (Å²) >= 11 is 5.97. The molecule has 10 heteroatoms. The number of halogens is 2. The first-order chi connectivity index (χ1) is 18.4. The van der Waals surface area contributed by atoms with E-state index < -0.39 is 34.3 Å². The zero-order valence-electron chi connectivity index (χ0n) is 22.4. The van der Waals surface area contributed by atoms with Crippen LogP contribution >= 0.6 is 11.6 Å². The molecule has 2 amide bonds. The number of carbonyl (C=O) groups is 2. The number of nitrogens with zero attached hydrogens (tertiary/aromatic N) is 2. The van der Waals surface area contributed by atoms with E-state index in [9.17, 15) is 22.4 Å². The van der Waals surface area contributed by atoms with Gasteiger partial charge in [-0.05, 0) is 79.4 Å². The van der Waals surface area contributed by atoms with E-state index in [-0.39, 0.29) is 23.3 Å². The van der Waals surface area contributed by atoms with Gasteiger partial charge in [0.1, 0.15) is 18.4 Å². The Labute approximate surface area is 234 Å². The molecule has 0 unspecified atom stereocenters. The van der Waals surface area contributed by atoms with Gasteiger partial charge >= 0.3 is 0 Å². The van der Waals surface area contributed by atoms with Gasteiger partial charge in [-0.1, -0.05) is 49.7 Å². The third-order valence-corrected chi connectivity index (χ3v) is 8.13. The number of hydrogen-bond donors (Lipinski definition) is 1. The first-order valence-corrected chi connectivity index (χ1v) is 14.4. The highest BCUT2D eigenvalue weighted by atomic mass is 35.5. The lowest BCUT2D eigenvalue weighted by Crippen LogP contribution is -2.51. The molecule has 0 aliphatic heterocycles. The lowest BCUT2D eigenvalue weighted by Gasteiger charge is -2.32. The van der Waals surface area contributed by atoms with Crippen molar-refractivity contribution in [1.82, 2.24) is 10.2 Å². The standard InChI is InChI=1S/C29H33ClFN3O4S/c1-20(2)17-32-29(36)22(4)33(18-23-8-12-25(31)13-9-23)28(35)19-34(26-7-5-6-21(3)16-26)39(37,38)27-14-10-24(30)11-15-27/h5-16,20,22H,17-19H2,1-4H3,(H,32,36)/t22-/m1/s1. The van der Waals surface area contributed by atoms with E-state index in [1.165, 1.54) is 53.4 Å². The Morgan fingerprint density at radius 1 is 0.974 bits per heavy atom. The van der Waals surface area contributed by atoms with E-state index in [1.54, 1.807) is 25.1 Å². The van der Waals surface area contributed by atoms with E-state index >= 15 is 0 Å². The van der Waals surface area contributed by atoms with Crippen LogP contribution in [-0.4, -0.2) is 44.3 Å². The molecule has 39 heavy (non-hydrogen) atoms. The number of anilines is 1. The molecule has 208 valence electrons. The molecule has 0 aromatic heterocycles. The van der Waals surface area contributed by atoms with Gasteiger partial charge in [0.05, 0.1) is 10.6 Å². The van der Waals surface area contributed by atoms with Crippen molar-refractivity contribution >= 4 is 39.1 Å². The van der Waals surface area contributed by atoms with Crippen molar-refractivity contribution in [3.63, 3.8) is 0 Å². The lowest BCUT2D eigenvalue weighted by atomic mass is 10.1. The molecule has 0 spiro atoms. The maximum atomic E-state index is 13.8. The van der Waals surface area contributed by atoms with Crippen LogP contribution < -0.4 is 9.62 Å². The van der Waals surface area contributed by atoms with Gasteiger partial charge in [-0.15, -0.1) is 0 Å². The van der Waals surface area contributed by atoms with Crippen molar-refractivity contribution in [2.45, 2.75) is 45.2 Å². The maximum Gasteiger partial charge on any atom is 0.264 e. The number of aryl methyl sites for hydroxylation is 1. The van der Waals surface area contributed by atoms with Crippen LogP contribution in [0, 0.1) is 18.7 Å². The summed E-state index contributed by atoms with van der Waals surface area (Å²) in [5.74, 6) is -1.20. The molecule has 0 saturated carbocycles. The summed E-state index contributed by atoms with van der Waals surface area (Å²) in [5.41, 5.74) is 1.70. The van der Waals surface area contributed by atoms with Crippen molar-refractivity contribution < 1.29 is 22.4 Å². The topological polar surface area (TPSA) is 86.8 Å². The van der Waals surface area contributed by atoms with E-state index in [2.05, 4.69) is 5.32 Å². The van der Waals surface area contributed by atoms with Gasteiger partial charge in [0.15, 0.2) is 0 Å². The van der Waals surface area contributed by atoms with Gasteiger partial charge < -0.3 is 10.2 Å². The number of amides is 2. The van der Waals surface area contributed by atoms with Crippen molar-refractivity contribution in [3.05, 3.63) is 94.8 Å². The van der Waals surface area contributed by atoms with Crippen LogP contribution in [0.25, 0.3) is 0 Å². The molecular formula is C29H33ClFN3O4S. The van der Waals surface area contributed by atoms with Crippen LogP contribution in [0.3, 0.4) is 0 Å². The number of benzene rings is 3. The van der Waals surface area contributed by atoms with Gasteiger partial charge in [-0.2, -0.15) is 0 Å². The molecule has 1 atom stereocenters. The highest BCUT2D eigenvalue weighted by Gasteiger charge is 2.32. The zero-order chi connectivity index (χ0) is 28.7. The predicted molar refractivity (Wildman–Crippen MR) is 151 cm³/mol. The molecule has 3 aromatic rings. The van der Waals surface area contributed by atoms with Crippen LogP contribution in [-0.2, 0) is 26.2 Å². The molecule has 0 fully saturated rings. The van der Waals surface area contributed by atoms with Crippen molar-refractivity contribution in [2.24, 2.45) is 5.92 Å². The van der Waals surface area contributed by atoms with Crippen molar-refractivity contribution in [1.29, 1.82) is 0 Å². The van der Waals surface area contributed by atoms with Gasteiger partial charge in [0.25, 0.3) is 10.0 Å². The second-order valence-electron chi connectivity index (χ2n) is 9.77. The van der Waals surface area contributed by atoms with Crippen LogP contribution in [0.5, 0.6) is 0 Å². The molecule has 0 bridgehead atoms. The largest absolute Gasteiger partial charge is 0.354 e. The maximum absolute atomic E-state index is 13.8. The van der Waals surface area contributed by atoms with Crippen LogP contribution in [0.4, 0.5) is 10.1 Å². The molecule has 0 aliphatic carbocycles. The minimum Gasteiger partial charge on any atom is -0.354 e. The highest BCUT2D eigenvalue weighted by Crippen LogP contribution is 2.26. The van der Waals surface area contributed by atoms with Crippen LogP contribution in [0.15, 0.2) is 77.7 Å². The Balaban J connectivity index is 2.01. The fraction of sp³-hybridized carbons (Fsp3) is 0.310. The number of rotatable bonds is 11. The minimum atomic E-state index is -4.19. The summed E-state index contributed by atoms with van der Waals surface area (Å²) in [7, 11) is -4.19. The Morgan fingerprint density at radius 2 is 1.62 bits per heavy atom. The molecule has 1 N–H and O–H groups in total. The molecule has 3 aromatic carbocycles. The van der Waals surface area contributed by atoms with Crippen molar-refractivity contribution in [2.75, 3.05) is 17.4 Å². The number of hydrogen-bond acceptors (Lipinski definition) is 4. The molecular weight excluding hydrogens is 541 g/mol. The minimum absolute atomic E-state index is 0.0158. The van der Waals surface area contributed by atoms with Crippen LogP contribution in [0.1, 0.15) is 31.9 Å². The third kappa shape index (κ3) is 8.03. The molecule has 3 rings (SSSR count). The first-order valence-electron chi connectivity index (χ1n) is 12.5. The second kappa shape index (κ2) is 13.1. The second-order valence-corrected chi connectivity index (χ2v) is 12.1. The van der Waals surface area contributed by atoms with Gasteiger partial charge in [-0.25, -0.2) is 12.8 Å². The Morgan fingerprint density at radius 3 is 2.21 bits per heavy atom. The zero-order valence-corrected chi connectivity index (χ0v) is 24.0. The molecule has 7 nitrogen and oxygen atoms in total. The Hall–Kier alpha value is -3.43. The summed E-state index contributed by atoms with van der Waals surface area (Å²) in [6.07, 6.45) is 0. The molecule has 0 heterocycles. The van der Waals surface area contributed by atoms with Crippen molar-refractivity contribution in [3.8, 4) is 0 Å². The molecule has 0 aliphatic rings. The fourth-order valence-electron chi connectivity index (χ4n) is 3.87. The molecule has 0 radical (unpaired) electrons. The van der Waals surface area contributed by atoms with E-state index in [0.29, 0.717) is 22.8 Å². The van der Waals surface area contributed by atoms with Gasteiger partial charge in [-0.3, -0.25) is 13.9 Å². The fourth-order valence-corrected chi connectivity index (χ4v) is 5.40. The summed E-state index contributed by atoms with van der Waals surface area (Å²) in [4.78, 5) is 28.1. The number of carbonyl (C=O) groups excluding carboxylic acids is 2. The quantitative estimate of drug-likeness (QED) is 0.343. The van der Waals surface area contributed by atoms with Gasteiger partial charge in [0, 0.05) is 18.1 Å². The monoisotopic (exact) mass is 573 g/mol. The SMILES string of the molecule is Cc1cccc(N(CC(=O)N(Cc2ccc(F)cc2)[C@H](C)C(=O)NCC(C)C)S(=O)(=O)c2ccc(Cl)cc2)c1. The van der Waals surface area contributed by atoms with E-state index in [1.807, 2.05) is 26.8 Å². The summed E-state index contributed by atoms with van der Waals surface area (Å²) in [5, 5.41) is 3.20. The Bertz CT molecular complexity index is 1400. The normalized spacial score (nSPS) is 12.2. The van der Waals surface area contributed by atoms with E-state index in [0.717, 1.165) is 9.87 Å². The lowest BCUT2D eigenvalue weighted by molar-refractivity contribution is -0.139. The summed E-state index contributed by atoms with van der Waals surface area (Å²) in [6, 6.07) is 17.2. The average molecular weight is 574 g/mol. The van der Waals surface area contributed by atoms with Crippen LogP contribution in [0.2, 0.25) is 5.02 Å². The summed E-state index contributed by atoms with van der Waals surface area (Å²) in [6.45, 7) is 7.15. The Kier molecular flexibility index (Phi) is 10.1. The summed E-state index contributed by atoms with van der Waals surface area (Å²) < 4.78 is 42.1. The van der Waals surface area contributed by atoms with Gasteiger partial charge in [0.2, 0.25) is 11.8 Å². The molecule has 0 saturated heterocycles. The smallest absolute Gasteiger partial charge is 0.264 e. The number of sulfonamides is 1. The average Bonchev–Trinajstić information content (AvgIpc) is 2.89. The highest BCUT2D eigenvalue weighted by molar-refractivity contribution is 7.92. The third-order valence-electron chi connectivity index (χ3n) is 6.09. The predicted octanol–water partition coefficient (Wildman–Crippen LogP) is 5.17. The van der Waals surface area contributed by atoms with E-state index in [4.69, 9.17) is 11.6 Å². The first kappa shape index (κ1) is 30.1.